The van der Waals surface area contributed by atoms with Gasteiger partial charge in [-0.05, 0) is 6.08 Å². The number of carbonyl (C=O) groups is 2. The molecule has 116 valence electrons. The number of rotatable bonds is 7. The average molecular weight is 338 g/mol. The molecule has 0 saturated carbocycles. The van der Waals surface area contributed by atoms with Gasteiger partial charge in [-0.25, -0.2) is 9.11 Å². The average Bonchev–Trinajstić information content (AvgIpc) is 2.45. The predicted molar refractivity (Wildman–Crippen MR) is 71.3 cm³/mol. The highest BCUT2D eigenvalue weighted by atomic mass is 31.2. The molecule has 1 saturated heterocycles. The van der Waals surface area contributed by atoms with Crippen LogP contribution in [-0.2, 0) is 27.5 Å². The molecule has 3 N–H and O–H groups in total. The van der Waals surface area contributed by atoms with Crippen molar-refractivity contribution in [3.05, 3.63) is 36.6 Å². The maximum Gasteiger partial charge on any atom is 0.407 e. The summed E-state index contributed by atoms with van der Waals surface area (Å²) in [5.41, 5.74) is -0.307. The van der Waals surface area contributed by atoms with Crippen LogP contribution in [0.2, 0.25) is 0 Å². The van der Waals surface area contributed by atoms with E-state index < -0.39 is 41.9 Å². The lowest BCUT2D eigenvalue weighted by Crippen LogP contribution is -2.29. The molecule has 0 aliphatic carbocycles. The number of Topliss-reactive ketones (excluding diaryl/α,β-unsaturated/α-hetero) is 1. The van der Waals surface area contributed by atoms with E-state index in [1.807, 2.05) is 0 Å². The molecule has 1 aliphatic rings. The monoisotopic (exact) mass is 338 g/mol. The van der Waals surface area contributed by atoms with Crippen molar-refractivity contribution >= 4 is 29.0 Å². The zero-order valence-corrected chi connectivity index (χ0v) is 12.3. The van der Waals surface area contributed by atoms with Crippen LogP contribution >= 0.6 is 17.2 Å². The molecule has 1 rings (SSSR count). The van der Waals surface area contributed by atoms with Gasteiger partial charge in [0.1, 0.15) is 17.9 Å². The standard InChI is InChI=1S/C10H12O9P2/c1-3-6(9(13)14)8(4-2)16-21-18-10(7(12)5-11)17-20(15)19-21/h3-4,10-11,15H,1-2,5H2,(H,13,14). The number of carboxylic acid groups (broad SMARTS) is 1. The van der Waals surface area contributed by atoms with Crippen molar-refractivity contribution < 1.29 is 42.6 Å². The summed E-state index contributed by atoms with van der Waals surface area (Å²) < 4.78 is 19.5. The number of aliphatic carboxylic acids is 1. The number of carboxylic acids is 1. The van der Waals surface area contributed by atoms with E-state index >= 15 is 0 Å². The molecule has 0 spiro atoms. The van der Waals surface area contributed by atoms with E-state index in [1.54, 1.807) is 0 Å². The Morgan fingerprint density at radius 1 is 1.29 bits per heavy atom. The molecule has 0 bridgehead atoms. The van der Waals surface area contributed by atoms with Crippen molar-refractivity contribution in [3.63, 3.8) is 0 Å². The van der Waals surface area contributed by atoms with Gasteiger partial charge in [-0.15, -0.1) is 0 Å². The van der Waals surface area contributed by atoms with Gasteiger partial charge in [0.25, 0.3) is 0 Å². The Labute approximate surface area is 122 Å². The topological polar surface area (TPSA) is 132 Å². The van der Waals surface area contributed by atoms with E-state index in [1.165, 1.54) is 0 Å². The molecule has 3 atom stereocenters. The first kappa shape index (κ1) is 17.9. The van der Waals surface area contributed by atoms with Crippen LogP contribution in [0.4, 0.5) is 0 Å². The molecule has 0 amide bonds. The number of allylic oxidation sites excluding steroid dienone is 1. The van der Waals surface area contributed by atoms with Crippen LogP contribution in [0.3, 0.4) is 0 Å². The molecule has 1 aliphatic heterocycles. The predicted octanol–water partition coefficient (Wildman–Crippen LogP) is 1.11. The zero-order valence-electron chi connectivity index (χ0n) is 10.5. The smallest absolute Gasteiger partial charge is 0.407 e. The maximum absolute atomic E-state index is 11.3. The fourth-order valence-electron chi connectivity index (χ4n) is 1.08. The third kappa shape index (κ3) is 4.94. The van der Waals surface area contributed by atoms with Gasteiger partial charge >= 0.3 is 23.2 Å². The molecule has 9 nitrogen and oxygen atoms in total. The summed E-state index contributed by atoms with van der Waals surface area (Å²) in [6.45, 7) is 5.83. The highest BCUT2D eigenvalue weighted by Crippen LogP contribution is 2.60. The van der Waals surface area contributed by atoms with Gasteiger partial charge in [-0.3, -0.25) is 13.8 Å². The van der Waals surface area contributed by atoms with Crippen molar-refractivity contribution in [1.82, 2.24) is 0 Å². The molecule has 0 aromatic rings. The minimum atomic E-state index is -2.47. The van der Waals surface area contributed by atoms with Crippen molar-refractivity contribution in [1.29, 1.82) is 0 Å². The molecule has 3 unspecified atom stereocenters. The van der Waals surface area contributed by atoms with E-state index in [0.29, 0.717) is 0 Å². The second kappa shape index (κ2) is 8.31. The Bertz CT molecular complexity index is 475. The van der Waals surface area contributed by atoms with E-state index in [9.17, 15) is 14.5 Å². The maximum atomic E-state index is 11.3. The van der Waals surface area contributed by atoms with Crippen molar-refractivity contribution in [2.45, 2.75) is 6.29 Å². The number of ketones is 1. The summed E-state index contributed by atoms with van der Waals surface area (Å²) in [6, 6.07) is 0. The molecule has 11 heteroatoms. The Morgan fingerprint density at radius 3 is 2.43 bits per heavy atom. The van der Waals surface area contributed by atoms with Crippen LogP contribution in [-0.4, -0.2) is 39.8 Å². The van der Waals surface area contributed by atoms with E-state index in [4.69, 9.17) is 23.6 Å². The molecule has 0 aromatic heterocycles. The first-order chi connectivity index (χ1) is 9.92. The van der Waals surface area contributed by atoms with Gasteiger partial charge in [-0.2, -0.15) is 0 Å². The minimum absolute atomic E-state index is 0.218. The lowest BCUT2D eigenvalue weighted by atomic mass is 10.2. The highest BCUT2D eigenvalue weighted by Gasteiger charge is 2.38. The fourth-order valence-corrected chi connectivity index (χ4v) is 3.06. The number of hydrogen-bond acceptors (Lipinski definition) is 8. The first-order valence-corrected chi connectivity index (χ1v) is 7.50. The third-order valence-corrected chi connectivity index (χ3v) is 4.15. The zero-order chi connectivity index (χ0) is 16.0. The minimum Gasteiger partial charge on any atom is -0.478 e. The molecule has 0 radical (unpaired) electrons. The summed E-state index contributed by atoms with van der Waals surface area (Å²) in [5.74, 6) is -2.39. The summed E-state index contributed by atoms with van der Waals surface area (Å²) in [7, 11) is -4.78. The molecule has 1 heterocycles. The number of carbonyl (C=O) groups excluding carboxylic acids is 1. The van der Waals surface area contributed by atoms with Crippen molar-refractivity contribution in [2.24, 2.45) is 0 Å². The van der Waals surface area contributed by atoms with Crippen molar-refractivity contribution in [2.75, 3.05) is 6.61 Å². The van der Waals surface area contributed by atoms with Gasteiger partial charge in [0.05, 0.1) is 0 Å². The summed E-state index contributed by atoms with van der Waals surface area (Å²) >= 11 is 0. The van der Waals surface area contributed by atoms with E-state index in [2.05, 4.69) is 17.7 Å². The number of hydrogen-bond donors (Lipinski definition) is 3. The van der Waals surface area contributed by atoms with Crippen LogP contribution in [0.25, 0.3) is 0 Å². The summed E-state index contributed by atoms with van der Waals surface area (Å²) in [6.07, 6.45) is 0.542. The second-order valence-corrected chi connectivity index (χ2v) is 5.47. The highest BCUT2D eigenvalue weighted by molar-refractivity contribution is 7.55. The first-order valence-electron chi connectivity index (χ1n) is 5.27. The largest absolute Gasteiger partial charge is 0.478 e. The Morgan fingerprint density at radius 2 is 1.95 bits per heavy atom. The lowest BCUT2D eigenvalue weighted by Gasteiger charge is -2.28. The molecule has 21 heavy (non-hydrogen) atoms. The Kier molecular flexibility index (Phi) is 7.07. The van der Waals surface area contributed by atoms with Crippen LogP contribution < -0.4 is 0 Å². The fraction of sp³-hybridized carbons (Fsp3) is 0.200. The van der Waals surface area contributed by atoms with Gasteiger partial charge in [0.2, 0.25) is 12.1 Å². The quantitative estimate of drug-likeness (QED) is 0.270. The van der Waals surface area contributed by atoms with Crippen LogP contribution in [0, 0.1) is 0 Å². The molecule has 0 aromatic carbocycles. The summed E-state index contributed by atoms with van der Waals surface area (Å²) in [4.78, 5) is 31.6. The Hall–Kier alpha value is -1.18. The van der Waals surface area contributed by atoms with Gasteiger partial charge in [0.15, 0.2) is 0 Å². The SMILES string of the molecule is C=CC(OP1OC(C(=O)CO)OP(O)O1)=C(C=C)C(=O)O. The van der Waals surface area contributed by atoms with E-state index in [0.717, 1.165) is 12.2 Å². The lowest BCUT2D eigenvalue weighted by molar-refractivity contribution is -0.144. The van der Waals surface area contributed by atoms with Gasteiger partial charge in [-0.1, -0.05) is 19.2 Å². The van der Waals surface area contributed by atoms with Gasteiger partial charge < -0.3 is 19.6 Å². The van der Waals surface area contributed by atoms with Crippen LogP contribution in [0.15, 0.2) is 36.6 Å². The molecular formula is C10H12O9P2. The Balaban J connectivity index is 2.89. The second-order valence-electron chi connectivity index (χ2n) is 3.29. The van der Waals surface area contributed by atoms with Crippen molar-refractivity contribution in [3.8, 4) is 0 Å². The van der Waals surface area contributed by atoms with Gasteiger partial charge in [0, 0.05) is 0 Å². The number of aliphatic hydroxyl groups excluding tert-OH is 1. The number of aliphatic hydroxyl groups is 1. The normalized spacial score (nSPS) is 26.5. The van der Waals surface area contributed by atoms with Crippen LogP contribution in [0.1, 0.15) is 0 Å². The summed E-state index contributed by atoms with van der Waals surface area (Å²) in [5, 5.41) is 17.7. The molecular weight excluding hydrogens is 326 g/mol. The molecule has 1 fully saturated rings. The van der Waals surface area contributed by atoms with Crippen LogP contribution in [0.5, 0.6) is 0 Å². The third-order valence-electron chi connectivity index (χ3n) is 1.98. The van der Waals surface area contributed by atoms with E-state index in [-0.39, 0.29) is 11.3 Å².